The van der Waals surface area contributed by atoms with Gasteiger partial charge in [-0.05, 0) is 17.7 Å². The summed E-state index contributed by atoms with van der Waals surface area (Å²) in [6, 6.07) is 5.22. The minimum Gasteiger partial charge on any atom is -0.495 e. The highest BCUT2D eigenvalue weighted by molar-refractivity contribution is 6.32. The van der Waals surface area contributed by atoms with E-state index in [1.54, 1.807) is 18.2 Å². The van der Waals surface area contributed by atoms with Crippen LogP contribution in [0.3, 0.4) is 0 Å². The van der Waals surface area contributed by atoms with E-state index < -0.39 is 0 Å². The summed E-state index contributed by atoms with van der Waals surface area (Å²) in [5, 5.41) is 5.50. The molecule has 8 heteroatoms. The van der Waals surface area contributed by atoms with Crippen LogP contribution in [0.2, 0.25) is 5.02 Å². The Morgan fingerprint density at radius 2 is 2.00 bits per heavy atom. The zero-order chi connectivity index (χ0) is 14.3. The van der Waals surface area contributed by atoms with Crippen molar-refractivity contribution in [3.8, 4) is 5.75 Å². The molecule has 0 bridgehead atoms. The lowest BCUT2D eigenvalue weighted by Crippen LogP contribution is -2.39. The van der Waals surface area contributed by atoms with E-state index in [1.807, 2.05) is 0 Å². The van der Waals surface area contributed by atoms with Gasteiger partial charge in [-0.3, -0.25) is 9.59 Å². The first-order valence-corrected chi connectivity index (χ1v) is 6.00. The maximum Gasteiger partial charge on any atom is 0.239 e. The molecule has 1 aromatic carbocycles. The maximum atomic E-state index is 11.4. The second kappa shape index (κ2) is 9.41. The van der Waals surface area contributed by atoms with Crippen LogP contribution in [0.25, 0.3) is 0 Å². The minimum atomic E-state index is -0.373. The number of carbonyl (C=O) groups is 2. The van der Waals surface area contributed by atoms with Crippen molar-refractivity contribution in [2.24, 2.45) is 5.73 Å². The maximum absolute atomic E-state index is 11.4. The van der Waals surface area contributed by atoms with E-state index in [0.29, 0.717) is 17.3 Å². The fourth-order valence-corrected chi connectivity index (χ4v) is 1.61. The number of hydrogen-bond donors (Lipinski definition) is 3. The molecule has 0 atom stereocenters. The predicted octanol–water partition coefficient (Wildman–Crippen LogP) is 0.462. The summed E-state index contributed by atoms with van der Waals surface area (Å²) in [6.07, 6.45) is 0. The number of hydrogen-bond acceptors (Lipinski definition) is 4. The van der Waals surface area contributed by atoms with Gasteiger partial charge in [0.05, 0.1) is 25.2 Å². The summed E-state index contributed by atoms with van der Waals surface area (Å²) < 4.78 is 5.02. The number of halogens is 2. The smallest absolute Gasteiger partial charge is 0.239 e. The second-order valence-corrected chi connectivity index (χ2v) is 4.13. The van der Waals surface area contributed by atoms with E-state index in [4.69, 9.17) is 22.1 Å². The van der Waals surface area contributed by atoms with Crippen molar-refractivity contribution in [2.45, 2.75) is 6.54 Å². The Kier molecular flexibility index (Phi) is 8.71. The molecule has 4 N–H and O–H groups in total. The zero-order valence-electron chi connectivity index (χ0n) is 10.9. The average molecular weight is 322 g/mol. The van der Waals surface area contributed by atoms with E-state index in [1.165, 1.54) is 7.11 Å². The molecule has 0 aliphatic rings. The zero-order valence-corrected chi connectivity index (χ0v) is 12.5. The van der Waals surface area contributed by atoms with Gasteiger partial charge in [0.1, 0.15) is 5.75 Å². The average Bonchev–Trinajstić information content (AvgIpc) is 2.42. The van der Waals surface area contributed by atoms with Crippen LogP contribution in [0.5, 0.6) is 5.75 Å². The van der Waals surface area contributed by atoms with Gasteiger partial charge in [-0.15, -0.1) is 12.4 Å². The summed E-state index contributed by atoms with van der Waals surface area (Å²) in [5.74, 6) is -0.0941. The highest BCUT2D eigenvalue weighted by atomic mass is 35.5. The normalized spacial score (nSPS) is 9.35. The quantitative estimate of drug-likeness (QED) is 0.709. The number of benzene rings is 1. The Labute approximate surface area is 128 Å². The Balaban J connectivity index is 0.00000361. The number of nitrogens with one attached hydrogen (secondary N) is 2. The molecular weight excluding hydrogens is 305 g/mol. The van der Waals surface area contributed by atoms with Crippen molar-refractivity contribution in [3.05, 3.63) is 28.8 Å². The molecule has 0 heterocycles. The van der Waals surface area contributed by atoms with Crippen LogP contribution in [-0.2, 0) is 16.1 Å². The van der Waals surface area contributed by atoms with Crippen LogP contribution in [0.1, 0.15) is 5.56 Å². The second-order valence-electron chi connectivity index (χ2n) is 3.73. The number of amides is 2. The van der Waals surface area contributed by atoms with Crippen molar-refractivity contribution in [1.82, 2.24) is 10.6 Å². The summed E-state index contributed by atoms with van der Waals surface area (Å²) in [6.45, 7) is 0.0856. The van der Waals surface area contributed by atoms with Gasteiger partial charge in [0.25, 0.3) is 0 Å². The summed E-state index contributed by atoms with van der Waals surface area (Å²) in [7, 11) is 1.53. The van der Waals surface area contributed by atoms with E-state index in [2.05, 4.69) is 10.6 Å². The summed E-state index contributed by atoms with van der Waals surface area (Å²) in [5.41, 5.74) is 5.93. The third kappa shape index (κ3) is 6.10. The molecule has 1 rings (SSSR count). The van der Waals surface area contributed by atoms with Crippen LogP contribution in [0.4, 0.5) is 0 Å². The molecule has 0 unspecified atom stereocenters. The molecule has 0 spiro atoms. The van der Waals surface area contributed by atoms with Gasteiger partial charge in [0.2, 0.25) is 11.8 Å². The van der Waals surface area contributed by atoms with Gasteiger partial charge >= 0.3 is 0 Å². The number of ether oxygens (including phenoxy) is 1. The number of methoxy groups -OCH3 is 1. The Bertz CT molecular complexity index is 469. The molecule has 20 heavy (non-hydrogen) atoms. The third-order valence-electron chi connectivity index (χ3n) is 2.34. The van der Waals surface area contributed by atoms with Crippen LogP contribution >= 0.6 is 24.0 Å². The first-order chi connectivity index (χ1) is 9.06. The van der Waals surface area contributed by atoms with Crippen molar-refractivity contribution in [3.63, 3.8) is 0 Å². The molecule has 0 fully saturated rings. The molecule has 6 nitrogen and oxygen atoms in total. The monoisotopic (exact) mass is 321 g/mol. The molecule has 0 aliphatic heterocycles. The fraction of sp³-hybridized carbons (Fsp3) is 0.333. The van der Waals surface area contributed by atoms with E-state index >= 15 is 0 Å². The van der Waals surface area contributed by atoms with Crippen LogP contribution in [0, 0.1) is 0 Å². The van der Waals surface area contributed by atoms with Gasteiger partial charge < -0.3 is 21.1 Å². The SMILES string of the molecule is COc1ccc(CNC(=O)CNC(=O)CN)cc1Cl.Cl. The Hall–Kier alpha value is -1.50. The van der Waals surface area contributed by atoms with Crippen LogP contribution < -0.4 is 21.1 Å². The number of rotatable bonds is 6. The lowest BCUT2D eigenvalue weighted by atomic mass is 10.2. The van der Waals surface area contributed by atoms with Gasteiger partial charge in [-0.1, -0.05) is 17.7 Å². The molecule has 0 saturated carbocycles. The minimum absolute atomic E-state index is 0. The first-order valence-electron chi connectivity index (χ1n) is 5.62. The lowest BCUT2D eigenvalue weighted by molar-refractivity contribution is -0.125. The topological polar surface area (TPSA) is 93.5 Å². The highest BCUT2D eigenvalue weighted by Crippen LogP contribution is 2.24. The van der Waals surface area contributed by atoms with Crippen molar-refractivity contribution in [2.75, 3.05) is 20.2 Å². The van der Waals surface area contributed by atoms with Gasteiger partial charge in [0.15, 0.2) is 0 Å². The largest absolute Gasteiger partial charge is 0.495 e. The summed E-state index contributed by atoms with van der Waals surface area (Å²) in [4.78, 5) is 22.3. The third-order valence-corrected chi connectivity index (χ3v) is 2.63. The first kappa shape index (κ1) is 18.5. The highest BCUT2D eigenvalue weighted by Gasteiger charge is 2.05. The van der Waals surface area contributed by atoms with Crippen molar-refractivity contribution < 1.29 is 14.3 Å². The molecule has 0 aromatic heterocycles. The molecule has 0 radical (unpaired) electrons. The molecular formula is C12H17Cl2N3O3. The molecule has 0 saturated heterocycles. The predicted molar refractivity (Wildman–Crippen MR) is 79.2 cm³/mol. The lowest BCUT2D eigenvalue weighted by Gasteiger charge is -2.08. The molecule has 2 amide bonds. The fourth-order valence-electron chi connectivity index (χ4n) is 1.33. The van der Waals surface area contributed by atoms with E-state index in [9.17, 15) is 9.59 Å². The summed E-state index contributed by atoms with van der Waals surface area (Å²) >= 11 is 5.96. The van der Waals surface area contributed by atoms with Gasteiger partial charge in [-0.2, -0.15) is 0 Å². The molecule has 0 aliphatic carbocycles. The van der Waals surface area contributed by atoms with Crippen molar-refractivity contribution >= 4 is 35.8 Å². The van der Waals surface area contributed by atoms with Gasteiger partial charge in [-0.25, -0.2) is 0 Å². The Morgan fingerprint density at radius 1 is 1.30 bits per heavy atom. The van der Waals surface area contributed by atoms with Crippen LogP contribution in [0.15, 0.2) is 18.2 Å². The van der Waals surface area contributed by atoms with E-state index in [0.717, 1.165) is 5.56 Å². The van der Waals surface area contributed by atoms with Crippen molar-refractivity contribution in [1.29, 1.82) is 0 Å². The standard InChI is InChI=1S/C12H16ClN3O3.ClH/c1-19-10-3-2-8(4-9(10)13)6-15-12(18)7-16-11(17)5-14;/h2-4H,5-7,14H2,1H3,(H,15,18)(H,16,17);1H. The Morgan fingerprint density at radius 3 is 2.55 bits per heavy atom. The van der Waals surface area contributed by atoms with Gasteiger partial charge in [0, 0.05) is 6.54 Å². The number of nitrogens with two attached hydrogens (primary N) is 1. The van der Waals surface area contributed by atoms with Crippen LogP contribution in [-0.4, -0.2) is 32.0 Å². The number of carbonyl (C=O) groups excluding carboxylic acids is 2. The van der Waals surface area contributed by atoms with E-state index in [-0.39, 0.29) is 37.3 Å². The molecule has 1 aromatic rings. The molecule has 112 valence electrons.